The van der Waals surface area contributed by atoms with Crippen LogP contribution >= 0.6 is 27.7 Å². The normalized spacial score (nSPS) is 11.2. The summed E-state index contributed by atoms with van der Waals surface area (Å²) in [5.74, 6) is 3.62. The maximum absolute atomic E-state index is 4.59. The summed E-state index contributed by atoms with van der Waals surface area (Å²) in [7, 11) is 0. The van der Waals surface area contributed by atoms with Gasteiger partial charge in [-0.15, -0.1) is 0 Å². The summed E-state index contributed by atoms with van der Waals surface area (Å²) < 4.78 is 2.33. The maximum atomic E-state index is 4.59. The first kappa shape index (κ1) is 13.9. The number of aryl methyl sites for hydroxylation is 2. The Kier molecular flexibility index (Phi) is 5.57. The van der Waals surface area contributed by atoms with Crippen LogP contribution in [0.2, 0.25) is 0 Å². The van der Waals surface area contributed by atoms with E-state index in [1.54, 1.807) is 0 Å². The number of hydrogen-bond donors (Lipinski definition) is 0. The molecule has 0 atom stereocenters. The third-order valence-electron chi connectivity index (χ3n) is 2.94. The van der Waals surface area contributed by atoms with Crippen LogP contribution in [0.5, 0.6) is 0 Å². The van der Waals surface area contributed by atoms with Crippen LogP contribution in [0.4, 0.5) is 0 Å². The first-order valence-electron chi connectivity index (χ1n) is 6.38. The minimum atomic E-state index is 1.08. The van der Waals surface area contributed by atoms with Gasteiger partial charge in [0.2, 0.25) is 0 Å². The Balaban J connectivity index is 1.89. The summed E-state index contributed by atoms with van der Waals surface area (Å²) in [5.41, 5.74) is 2.38. The fourth-order valence-corrected chi connectivity index (χ4v) is 3.60. The standard InChI is InChI=1S/C14H19BrN2S/c1-12-16-13-6-2-3-7-14(13)17(12)9-5-11-18-10-4-8-15/h2-3,6-7H,4-5,8-11H2,1H3. The molecule has 0 spiro atoms. The molecule has 0 aliphatic rings. The number of benzene rings is 1. The molecular formula is C14H19BrN2S. The van der Waals surface area contributed by atoms with Crippen molar-refractivity contribution >= 4 is 38.7 Å². The zero-order valence-electron chi connectivity index (χ0n) is 10.7. The van der Waals surface area contributed by atoms with Gasteiger partial charge in [-0.1, -0.05) is 28.1 Å². The van der Waals surface area contributed by atoms with E-state index in [1.807, 2.05) is 11.8 Å². The Morgan fingerprint density at radius 3 is 2.83 bits per heavy atom. The van der Waals surface area contributed by atoms with Crippen molar-refractivity contribution in [3.05, 3.63) is 30.1 Å². The second-order valence-electron chi connectivity index (χ2n) is 4.31. The quantitative estimate of drug-likeness (QED) is 0.559. The lowest BCUT2D eigenvalue weighted by atomic mass is 10.3. The lowest BCUT2D eigenvalue weighted by Gasteiger charge is -2.06. The van der Waals surface area contributed by atoms with Crippen LogP contribution in [0.15, 0.2) is 24.3 Å². The van der Waals surface area contributed by atoms with Crippen LogP contribution in [0, 0.1) is 6.92 Å². The molecule has 1 aromatic heterocycles. The molecule has 0 radical (unpaired) electrons. The predicted molar refractivity (Wildman–Crippen MR) is 84.8 cm³/mol. The molecule has 18 heavy (non-hydrogen) atoms. The van der Waals surface area contributed by atoms with E-state index < -0.39 is 0 Å². The largest absolute Gasteiger partial charge is 0.328 e. The molecule has 0 bridgehead atoms. The molecule has 0 unspecified atom stereocenters. The van der Waals surface area contributed by atoms with E-state index in [-0.39, 0.29) is 0 Å². The molecule has 0 N–H and O–H groups in total. The Morgan fingerprint density at radius 1 is 1.22 bits per heavy atom. The van der Waals surface area contributed by atoms with Gasteiger partial charge >= 0.3 is 0 Å². The second-order valence-corrected chi connectivity index (χ2v) is 6.33. The van der Waals surface area contributed by atoms with Crippen molar-refractivity contribution in [2.75, 3.05) is 16.8 Å². The number of aromatic nitrogens is 2. The molecule has 0 saturated heterocycles. The molecule has 98 valence electrons. The smallest absolute Gasteiger partial charge is 0.106 e. The van der Waals surface area contributed by atoms with Crippen molar-refractivity contribution in [1.82, 2.24) is 9.55 Å². The van der Waals surface area contributed by atoms with Crippen molar-refractivity contribution in [2.24, 2.45) is 0 Å². The Morgan fingerprint density at radius 2 is 2.00 bits per heavy atom. The number of para-hydroxylation sites is 2. The van der Waals surface area contributed by atoms with E-state index in [4.69, 9.17) is 0 Å². The second kappa shape index (κ2) is 7.19. The fraction of sp³-hybridized carbons (Fsp3) is 0.500. The van der Waals surface area contributed by atoms with E-state index in [0.29, 0.717) is 0 Å². The van der Waals surface area contributed by atoms with Crippen LogP contribution in [-0.4, -0.2) is 26.4 Å². The van der Waals surface area contributed by atoms with E-state index in [0.717, 1.165) is 23.2 Å². The van der Waals surface area contributed by atoms with Crippen molar-refractivity contribution in [2.45, 2.75) is 26.3 Å². The topological polar surface area (TPSA) is 17.8 Å². The fourth-order valence-electron chi connectivity index (χ4n) is 2.06. The molecule has 0 amide bonds. The monoisotopic (exact) mass is 326 g/mol. The highest BCUT2D eigenvalue weighted by molar-refractivity contribution is 9.09. The third kappa shape index (κ3) is 3.51. The van der Waals surface area contributed by atoms with Gasteiger partial charge in [-0.05, 0) is 43.4 Å². The maximum Gasteiger partial charge on any atom is 0.106 e. The number of nitrogens with zero attached hydrogens (tertiary/aromatic N) is 2. The first-order chi connectivity index (χ1) is 8.83. The summed E-state index contributed by atoms with van der Waals surface area (Å²) in [5, 5.41) is 1.12. The van der Waals surface area contributed by atoms with Gasteiger partial charge in [-0.2, -0.15) is 11.8 Å². The average molecular weight is 327 g/mol. The zero-order valence-corrected chi connectivity index (χ0v) is 13.1. The lowest BCUT2D eigenvalue weighted by Crippen LogP contribution is -2.01. The SMILES string of the molecule is Cc1nc2ccccc2n1CCCSCCCBr. The molecule has 2 nitrogen and oxygen atoms in total. The summed E-state index contributed by atoms with van der Waals surface area (Å²) >= 11 is 5.51. The first-order valence-corrected chi connectivity index (χ1v) is 8.66. The molecule has 2 aromatic rings. The van der Waals surface area contributed by atoms with Gasteiger partial charge in [0, 0.05) is 11.9 Å². The highest BCUT2D eigenvalue weighted by Crippen LogP contribution is 2.16. The van der Waals surface area contributed by atoms with Crippen molar-refractivity contribution in [3.8, 4) is 0 Å². The highest BCUT2D eigenvalue weighted by Gasteiger charge is 2.05. The van der Waals surface area contributed by atoms with Gasteiger partial charge in [-0.25, -0.2) is 4.98 Å². The van der Waals surface area contributed by atoms with Crippen LogP contribution in [0.25, 0.3) is 11.0 Å². The van der Waals surface area contributed by atoms with Gasteiger partial charge < -0.3 is 4.57 Å². The predicted octanol–water partition coefficient (Wildman–Crippen LogP) is 4.25. The third-order valence-corrected chi connectivity index (χ3v) is 4.65. The van der Waals surface area contributed by atoms with Gasteiger partial charge in [0.25, 0.3) is 0 Å². The summed E-state index contributed by atoms with van der Waals surface area (Å²) in [6, 6.07) is 8.39. The highest BCUT2D eigenvalue weighted by atomic mass is 79.9. The van der Waals surface area contributed by atoms with Crippen molar-refractivity contribution in [3.63, 3.8) is 0 Å². The molecule has 0 aliphatic carbocycles. The van der Waals surface area contributed by atoms with E-state index >= 15 is 0 Å². The summed E-state index contributed by atoms with van der Waals surface area (Å²) in [6.45, 7) is 3.17. The number of fused-ring (bicyclic) bond motifs is 1. The van der Waals surface area contributed by atoms with Crippen LogP contribution < -0.4 is 0 Å². The summed E-state index contributed by atoms with van der Waals surface area (Å²) in [6.07, 6.45) is 2.48. The summed E-state index contributed by atoms with van der Waals surface area (Å²) in [4.78, 5) is 4.59. The van der Waals surface area contributed by atoms with E-state index in [1.165, 1.54) is 29.9 Å². The molecule has 2 rings (SSSR count). The average Bonchev–Trinajstić information content (AvgIpc) is 2.70. The molecule has 0 saturated carbocycles. The molecule has 0 fully saturated rings. The van der Waals surface area contributed by atoms with Crippen molar-refractivity contribution < 1.29 is 0 Å². The Labute approximate surface area is 121 Å². The number of rotatable bonds is 7. The lowest BCUT2D eigenvalue weighted by molar-refractivity contribution is 0.680. The van der Waals surface area contributed by atoms with E-state index in [9.17, 15) is 0 Å². The van der Waals surface area contributed by atoms with Crippen molar-refractivity contribution in [1.29, 1.82) is 0 Å². The van der Waals surface area contributed by atoms with Gasteiger partial charge in [-0.3, -0.25) is 0 Å². The van der Waals surface area contributed by atoms with Crippen LogP contribution in [-0.2, 0) is 6.54 Å². The number of thioether (sulfide) groups is 1. The molecular weight excluding hydrogens is 308 g/mol. The van der Waals surface area contributed by atoms with Gasteiger partial charge in [0.05, 0.1) is 11.0 Å². The molecule has 1 heterocycles. The Hall–Kier alpha value is -0.480. The minimum Gasteiger partial charge on any atom is -0.328 e. The minimum absolute atomic E-state index is 1.08. The molecule has 0 aliphatic heterocycles. The number of halogens is 1. The number of imidazole rings is 1. The van der Waals surface area contributed by atoms with Crippen LogP contribution in [0.1, 0.15) is 18.7 Å². The number of alkyl halides is 1. The molecule has 1 aromatic carbocycles. The Bertz CT molecular complexity index is 495. The van der Waals surface area contributed by atoms with Gasteiger partial charge in [0.1, 0.15) is 5.82 Å². The van der Waals surface area contributed by atoms with Gasteiger partial charge in [0.15, 0.2) is 0 Å². The van der Waals surface area contributed by atoms with Crippen LogP contribution in [0.3, 0.4) is 0 Å². The zero-order chi connectivity index (χ0) is 12.8. The number of hydrogen-bond acceptors (Lipinski definition) is 2. The molecule has 4 heteroatoms. The van der Waals surface area contributed by atoms with E-state index in [2.05, 4.69) is 56.7 Å².